The van der Waals surface area contributed by atoms with E-state index in [0.29, 0.717) is 11.1 Å². The average molecular weight is 657 g/mol. The van der Waals surface area contributed by atoms with Crippen LogP contribution in [0.1, 0.15) is 11.1 Å². The van der Waals surface area contributed by atoms with E-state index in [-0.39, 0.29) is 22.3 Å². The van der Waals surface area contributed by atoms with Crippen molar-refractivity contribution in [2.24, 2.45) is 10.2 Å². The fourth-order valence-electron chi connectivity index (χ4n) is 3.64. The maximum Gasteiger partial charge on any atom is 0.323 e. The predicted octanol–water partition coefficient (Wildman–Crippen LogP) is 2.97. The van der Waals surface area contributed by atoms with Gasteiger partial charge < -0.3 is 4.42 Å². The van der Waals surface area contributed by atoms with Crippen LogP contribution in [0.25, 0.3) is 17.1 Å². The van der Waals surface area contributed by atoms with E-state index in [0.717, 1.165) is 22.8 Å². The molecule has 0 radical (unpaired) electrons. The minimum absolute atomic E-state index is 0.00560. The van der Waals surface area contributed by atoms with Gasteiger partial charge in [-0.1, -0.05) is 29.8 Å². The molecule has 0 aliphatic rings. The van der Waals surface area contributed by atoms with E-state index in [1.807, 2.05) is 15.5 Å². The number of anilines is 2. The number of rotatable bonds is 9. The Bertz CT molecular complexity index is 2290. The molecule has 5 rings (SSSR count). The van der Waals surface area contributed by atoms with E-state index in [2.05, 4.69) is 30.3 Å². The normalized spacial score (nSPS) is 12.4. The van der Waals surface area contributed by atoms with Crippen molar-refractivity contribution < 1.29 is 29.7 Å². The van der Waals surface area contributed by atoms with Gasteiger partial charge in [0.1, 0.15) is 17.1 Å². The molecule has 20 heteroatoms. The SMILES string of the molecule is Cc1ccc(S(=O)(=O)Nc2nc(NS(C)(=O)=O)c(N=Nc3nn(-c4nc5ccccc5o4)cc3C#N)c(S(C)(=O)=O)n2)cc1. The number of hydrogen-bond acceptors (Lipinski definition) is 14. The van der Waals surface area contributed by atoms with Gasteiger partial charge in [0.25, 0.3) is 10.0 Å². The zero-order chi connectivity index (χ0) is 31.9. The van der Waals surface area contributed by atoms with Crippen LogP contribution >= 0.6 is 0 Å². The first-order valence-corrected chi connectivity index (χ1v) is 17.4. The van der Waals surface area contributed by atoms with Gasteiger partial charge in [-0.05, 0) is 31.2 Å². The van der Waals surface area contributed by atoms with Crippen LogP contribution in [0.5, 0.6) is 0 Å². The van der Waals surface area contributed by atoms with Gasteiger partial charge >= 0.3 is 6.01 Å². The lowest BCUT2D eigenvalue weighted by Gasteiger charge is -2.13. The number of para-hydroxylation sites is 2. The van der Waals surface area contributed by atoms with Crippen LogP contribution in [0.15, 0.2) is 79.3 Å². The molecule has 0 saturated heterocycles. The molecule has 0 unspecified atom stereocenters. The Morgan fingerprint density at radius 1 is 0.909 bits per heavy atom. The van der Waals surface area contributed by atoms with Crippen LogP contribution in [0.4, 0.5) is 23.3 Å². The van der Waals surface area contributed by atoms with Crippen molar-refractivity contribution in [1.82, 2.24) is 24.7 Å². The van der Waals surface area contributed by atoms with Gasteiger partial charge in [0, 0.05) is 6.26 Å². The lowest BCUT2D eigenvalue weighted by molar-refractivity contribution is 0.543. The molecule has 0 bridgehead atoms. The highest BCUT2D eigenvalue weighted by atomic mass is 32.2. The first-order chi connectivity index (χ1) is 20.6. The first kappa shape index (κ1) is 30.2. The molecule has 3 aromatic heterocycles. The van der Waals surface area contributed by atoms with Crippen molar-refractivity contribution in [2.45, 2.75) is 16.8 Å². The summed E-state index contributed by atoms with van der Waals surface area (Å²) < 4.78 is 86.5. The molecule has 5 aromatic rings. The molecular formula is C24H20N10O7S3. The quantitative estimate of drug-likeness (QED) is 0.172. The highest BCUT2D eigenvalue weighted by molar-refractivity contribution is 7.93. The number of sulfone groups is 1. The lowest BCUT2D eigenvalue weighted by atomic mass is 10.2. The van der Waals surface area contributed by atoms with Crippen LogP contribution < -0.4 is 9.44 Å². The molecule has 0 fully saturated rings. The average Bonchev–Trinajstić information content (AvgIpc) is 3.55. The number of sulfonamides is 2. The summed E-state index contributed by atoms with van der Waals surface area (Å²) in [5, 5.41) is 20.6. The van der Waals surface area contributed by atoms with E-state index >= 15 is 0 Å². The van der Waals surface area contributed by atoms with Crippen molar-refractivity contribution in [3.8, 4) is 12.1 Å². The number of benzene rings is 2. The van der Waals surface area contributed by atoms with Gasteiger partial charge in [0.15, 0.2) is 32.0 Å². The number of nitrogens with one attached hydrogen (secondary N) is 2. The molecule has 226 valence electrons. The Hall–Kier alpha value is -5.26. The highest BCUT2D eigenvalue weighted by Crippen LogP contribution is 2.34. The number of nitriles is 1. The zero-order valence-corrected chi connectivity index (χ0v) is 25.3. The molecule has 2 N–H and O–H groups in total. The Kier molecular flexibility index (Phi) is 7.62. The second-order valence-corrected chi connectivity index (χ2v) is 14.6. The van der Waals surface area contributed by atoms with Crippen LogP contribution in [0.2, 0.25) is 0 Å². The minimum atomic E-state index is -4.33. The van der Waals surface area contributed by atoms with E-state index in [9.17, 15) is 30.5 Å². The smallest absolute Gasteiger partial charge is 0.323 e. The summed E-state index contributed by atoms with van der Waals surface area (Å²) in [6, 6.07) is 14.4. The summed E-state index contributed by atoms with van der Waals surface area (Å²) in [5.74, 6) is -1.80. The van der Waals surface area contributed by atoms with Crippen molar-refractivity contribution in [3.05, 3.63) is 65.9 Å². The molecule has 44 heavy (non-hydrogen) atoms. The van der Waals surface area contributed by atoms with Gasteiger partial charge in [0.2, 0.25) is 21.8 Å². The van der Waals surface area contributed by atoms with E-state index in [1.54, 1.807) is 43.3 Å². The summed E-state index contributed by atoms with van der Waals surface area (Å²) in [6.45, 7) is 1.75. The second kappa shape index (κ2) is 11.1. The van der Waals surface area contributed by atoms with Gasteiger partial charge in [-0.25, -0.2) is 30.0 Å². The summed E-state index contributed by atoms with van der Waals surface area (Å²) >= 11 is 0. The topological polar surface area (TPSA) is 245 Å². The molecule has 0 spiro atoms. The van der Waals surface area contributed by atoms with E-state index in [1.165, 1.54) is 18.3 Å². The number of aryl methyl sites for hydroxylation is 1. The largest absolute Gasteiger partial charge is 0.422 e. The molecule has 17 nitrogen and oxygen atoms in total. The van der Waals surface area contributed by atoms with Gasteiger partial charge in [-0.2, -0.15) is 24.9 Å². The third-order valence-electron chi connectivity index (χ3n) is 5.58. The molecule has 0 atom stereocenters. The summed E-state index contributed by atoms with van der Waals surface area (Å²) in [4.78, 5) is 11.8. The molecule has 0 aliphatic heterocycles. The second-order valence-electron chi connectivity index (χ2n) is 9.20. The highest BCUT2D eigenvalue weighted by Gasteiger charge is 2.27. The summed E-state index contributed by atoms with van der Waals surface area (Å²) in [7, 11) is -12.8. The molecular weight excluding hydrogens is 637 g/mol. The van der Waals surface area contributed by atoms with E-state index in [4.69, 9.17) is 4.42 Å². The third kappa shape index (κ3) is 6.54. The summed E-state index contributed by atoms with van der Waals surface area (Å²) in [6.07, 6.45) is 2.73. The van der Waals surface area contributed by atoms with Crippen LogP contribution in [-0.2, 0) is 29.9 Å². The number of oxazole rings is 1. The molecule has 2 aromatic carbocycles. The predicted molar refractivity (Wildman–Crippen MR) is 156 cm³/mol. The van der Waals surface area contributed by atoms with Gasteiger partial charge in [-0.3, -0.25) is 4.72 Å². The van der Waals surface area contributed by atoms with Crippen LogP contribution in [0.3, 0.4) is 0 Å². The van der Waals surface area contributed by atoms with Crippen molar-refractivity contribution in [1.29, 1.82) is 5.26 Å². The Labute approximate surface area is 250 Å². The van der Waals surface area contributed by atoms with Crippen molar-refractivity contribution in [2.75, 3.05) is 22.0 Å². The lowest BCUT2D eigenvalue weighted by Crippen LogP contribution is -2.19. The standard InChI is InChI=1S/C24H20N10O7S3/c1-14-8-10-16(11-9-14)44(39,40)33-23-27-21(32-43(3,37)38)19(22(28-23)42(2,35)36)29-30-20-15(12-25)13-34(31-20)24-26-17-6-4-5-7-18(17)41-24/h4-11,13H,1-3H3,(H2,27,28,32,33). The van der Waals surface area contributed by atoms with Gasteiger partial charge in [-0.15, -0.1) is 15.3 Å². The fourth-order valence-corrected chi connectivity index (χ4v) is 5.82. The molecule has 0 aliphatic carbocycles. The first-order valence-electron chi connectivity index (χ1n) is 12.1. The number of aromatic nitrogens is 5. The number of nitrogens with zero attached hydrogens (tertiary/aromatic N) is 8. The maximum absolute atomic E-state index is 12.9. The Morgan fingerprint density at radius 2 is 1.61 bits per heavy atom. The Balaban J connectivity index is 1.61. The molecule has 3 heterocycles. The van der Waals surface area contributed by atoms with Gasteiger partial charge in [0.05, 0.1) is 17.3 Å². The van der Waals surface area contributed by atoms with Crippen molar-refractivity contribution >= 4 is 64.3 Å². The number of hydrogen-bond donors (Lipinski definition) is 2. The number of azo groups is 1. The monoisotopic (exact) mass is 656 g/mol. The Morgan fingerprint density at radius 3 is 2.25 bits per heavy atom. The van der Waals surface area contributed by atoms with E-state index < -0.39 is 52.4 Å². The third-order valence-corrected chi connectivity index (χ3v) is 8.48. The molecule has 0 amide bonds. The number of fused-ring (bicyclic) bond motifs is 1. The minimum Gasteiger partial charge on any atom is -0.422 e. The van der Waals surface area contributed by atoms with Crippen LogP contribution in [0, 0.1) is 18.3 Å². The fraction of sp³-hybridized carbons (Fsp3) is 0.125. The van der Waals surface area contributed by atoms with Crippen molar-refractivity contribution in [3.63, 3.8) is 0 Å². The summed E-state index contributed by atoms with van der Waals surface area (Å²) in [5.41, 5.74) is 0.926. The molecule has 0 saturated carbocycles. The maximum atomic E-state index is 12.9. The van der Waals surface area contributed by atoms with Crippen LogP contribution in [-0.4, -0.2) is 62.5 Å². The zero-order valence-electron chi connectivity index (χ0n) is 22.9.